The molecule has 5 amide bonds. The lowest BCUT2D eigenvalue weighted by Gasteiger charge is -2.30. The summed E-state index contributed by atoms with van der Waals surface area (Å²) in [4.78, 5) is 79.9. The molecule has 2 fully saturated rings. The average Bonchev–Trinajstić information content (AvgIpc) is 3.75. The normalized spacial score (nSPS) is 18.8. The van der Waals surface area contributed by atoms with Crippen LogP contribution in [0.3, 0.4) is 0 Å². The maximum atomic E-state index is 13.6. The molecule has 0 aromatic heterocycles. The van der Waals surface area contributed by atoms with Gasteiger partial charge in [-0.15, -0.1) is 0 Å². The number of aliphatic carboxylic acids is 1. The minimum absolute atomic E-state index is 0.0433. The van der Waals surface area contributed by atoms with Gasteiger partial charge in [-0.05, 0) is 48.9 Å². The van der Waals surface area contributed by atoms with Crippen LogP contribution in [0.25, 0.3) is 0 Å². The monoisotopic (exact) mass is 636 g/mol. The molecule has 2 heterocycles. The van der Waals surface area contributed by atoms with Crippen LogP contribution in [0, 0.1) is 0 Å². The Morgan fingerprint density at radius 1 is 0.804 bits per heavy atom. The number of hydrogen-bond acceptors (Lipinski definition) is 8. The van der Waals surface area contributed by atoms with E-state index < -0.39 is 66.2 Å². The van der Waals surface area contributed by atoms with Gasteiger partial charge < -0.3 is 41.7 Å². The lowest BCUT2D eigenvalue weighted by molar-refractivity contribution is -0.149. The summed E-state index contributed by atoms with van der Waals surface area (Å²) in [5, 5.41) is 27.0. The Hall–Kier alpha value is -4.98. The van der Waals surface area contributed by atoms with Crippen molar-refractivity contribution in [1.82, 2.24) is 25.8 Å². The molecule has 7 N–H and O–H groups in total. The fourth-order valence-electron chi connectivity index (χ4n) is 5.86. The summed E-state index contributed by atoms with van der Waals surface area (Å²) in [5.41, 5.74) is 6.84. The molecule has 0 saturated carbocycles. The molecule has 4 atom stereocenters. The predicted molar refractivity (Wildman–Crippen MR) is 165 cm³/mol. The minimum Gasteiger partial charge on any atom is -0.508 e. The summed E-state index contributed by atoms with van der Waals surface area (Å²) in [5.74, 6) is -3.81. The summed E-state index contributed by atoms with van der Waals surface area (Å²) in [6.45, 7) is -0.249. The first-order valence-electron chi connectivity index (χ1n) is 15.3. The summed E-state index contributed by atoms with van der Waals surface area (Å²) in [6, 6.07) is 11.2. The number of hydrogen-bond donors (Lipinski definition) is 6. The van der Waals surface area contributed by atoms with E-state index in [9.17, 15) is 39.0 Å². The van der Waals surface area contributed by atoms with Crippen molar-refractivity contribution >= 4 is 35.5 Å². The number of nitrogens with two attached hydrogens (primary N) is 1. The van der Waals surface area contributed by atoms with Crippen LogP contribution in [0.15, 0.2) is 54.6 Å². The molecule has 4 rings (SSSR count). The molecule has 2 aliphatic rings. The first kappa shape index (κ1) is 33.9. The molecule has 2 aromatic rings. The number of carboxylic acids is 1. The summed E-state index contributed by atoms with van der Waals surface area (Å²) in [6.07, 6.45) is 1.96. The number of carbonyl (C=O) groups excluding carboxylic acids is 5. The van der Waals surface area contributed by atoms with E-state index in [0.29, 0.717) is 31.2 Å². The van der Waals surface area contributed by atoms with E-state index in [-0.39, 0.29) is 38.2 Å². The van der Waals surface area contributed by atoms with Gasteiger partial charge in [0.05, 0.1) is 13.1 Å². The number of amides is 5. The van der Waals surface area contributed by atoms with Crippen molar-refractivity contribution in [2.75, 3.05) is 26.2 Å². The van der Waals surface area contributed by atoms with Gasteiger partial charge in [0.25, 0.3) is 0 Å². The Kier molecular flexibility index (Phi) is 11.7. The van der Waals surface area contributed by atoms with Gasteiger partial charge >= 0.3 is 5.97 Å². The minimum atomic E-state index is -1.10. The summed E-state index contributed by atoms with van der Waals surface area (Å²) in [7, 11) is 0. The fourth-order valence-corrected chi connectivity index (χ4v) is 5.86. The molecule has 246 valence electrons. The summed E-state index contributed by atoms with van der Waals surface area (Å²) >= 11 is 0. The van der Waals surface area contributed by atoms with Gasteiger partial charge in [-0.3, -0.25) is 24.0 Å². The Bertz CT molecular complexity index is 1420. The van der Waals surface area contributed by atoms with Crippen molar-refractivity contribution in [3.8, 4) is 5.75 Å². The maximum absolute atomic E-state index is 13.6. The lowest BCUT2D eigenvalue weighted by Crippen LogP contribution is -2.57. The molecular formula is C32H40N6O8. The van der Waals surface area contributed by atoms with Gasteiger partial charge in [0.15, 0.2) is 0 Å². The number of rotatable bonds is 13. The number of carbonyl (C=O) groups is 6. The molecule has 14 heteroatoms. The van der Waals surface area contributed by atoms with Crippen LogP contribution in [0.5, 0.6) is 5.75 Å². The van der Waals surface area contributed by atoms with Crippen molar-refractivity contribution in [3.05, 3.63) is 65.7 Å². The number of phenolic OH excluding ortho intramolecular Hbond substituents is 1. The topological polar surface area (TPSA) is 211 Å². The van der Waals surface area contributed by atoms with E-state index in [4.69, 9.17) is 5.73 Å². The second kappa shape index (κ2) is 15.8. The maximum Gasteiger partial charge on any atom is 0.326 e. The molecule has 0 spiro atoms. The van der Waals surface area contributed by atoms with E-state index in [1.54, 1.807) is 24.3 Å². The third-order valence-corrected chi connectivity index (χ3v) is 8.22. The molecule has 0 unspecified atom stereocenters. The van der Waals surface area contributed by atoms with Crippen LogP contribution in [-0.4, -0.2) is 106 Å². The van der Waals surface area contributed by atoms with E-state index in [2.05, 4.69) is 16.0 Å². The molecule has 0 bridgehead atoms. The molecule has 14 nitrogen and oxygen atoms in total. The molecule has 0 aliphatic carbocycles. The summed E-state index contributed by atoms with van der Waals surface area (Å²) < 4.78 is 0. The Labute approximate surface area is 266 Å². The van der Waals surface area contributed by atoms with Gasteiger partial charge in [0.2, 0.25) is 29.5 Å². The predicted octanol–water partition coefficient (Wildman–Crippen LogP) is -0.711. The highest BCUT2D eigenvalue weighted by atomic mass is 16.4. The van der Waals surface area contributed by atoms with E-state index in [1.807, 2.05) is 18.2 Å². The van der Waals surface area contributed by atoms with Crippen molar-refractivity contribution in [1.29, 1.82) is 0 Å². The second-order valence-electron chi connectivity index (χ2n) is 11.4. The average molecular weight is 637 g/mol. The smallest absolute Gasteiger partial charge is 0.326 e. The number of carboxylic acid groups (broad SMARTS) is 1. The van der Waals surface area contributed by atoms with Crippen LogP contribution in [0.1, 0.15) is 36.8 Å². The highest BCUT2D eigenvalue weighted by Crippen LogP contribution is 2.22. The Morgan fingerprint density at radius 2 is 1.41 bits per heavy atom. The van der Waals surface area contributed by atoms with Crippen LogP contribution in [0.4, 0.5) is 0 Å². The zero-order valence-electron chi connectivity index (χ0n) is 25.4. The van der Waals surface area contributed by atoms with Gasteiger partial charge in [0, 0.05) is 25.9 Å². The van der Waals surface area contributed by atoms with E-state index in [1.165, 1.54) is 21.9 Å². The molecule has 2 aromatic carbocycles. The molecular weight excluding hydrogens is 596 g/mol. The Balaban J connectivity index is 1.41. The molecule has 2 saturated heterocycles. The van der Waals surface area contributed by atoms with Crippen LogP contribution in [0.2, 0.25) is 0 Å². The SMILES string of the molecule is NCC(=O)N[C@@H](Cc1ccc(O)cc1)C(=O)NCC(=O)N1CCC[C@H]1C(=O)N[C@@H](Cc1ccccc1)C(=O)N1CCC[C@H]1C(=O)O. The van der Waals surface area contributed by atoms with Crippen LogP contribution in [-0.2, 0) is 41.6 Å². The lowest BCUT2D eigenvalue weighted by atomic mass is 10.0. The quantitative estimate of drug-likeness (QED) is 0.164. The van der Waals surface area contributed by atoms with Crippen molar-refractivity contribution in [2.24, 2.45) is 5.73 Å². The largest absolute Gasteiger partial charge is 0.508 e. The molecule has 46 heavy (non-hydrogen) atoms. The first-order valence-corrected chi connectivity index (χ1v) is 15.3. The van der Waals surface area contributed by atoms with Gasteiger partial charge in [-0.25, -0.2) is 4.79 Å². The van der Waals surface area contributed by atoms with Gasteiger partial charge in [-0.2, -0.15) is 0 Å². The number of nitrogens with zero attached hydrogens (tertiary/aromatic N) is 2. The molecule has 0 radical (unpaired) electrons. The van der Waals surface area contributed by atoms with Crippen molar-refractivity contribution < 1.29 is 39.0 Å². The molecule has 2 aliphatic heterocycles. The standard InChI is InChI=1S/C32H40N6O8/c33-18-27(40)35-23(16-21-10-12-22(39)13-11-21)29(42)34-19-28(41)37-14-4-8-25(37)30(43)36-24(17-20-6-2-1-3-7-20)31(44)38-15-5-9-26(38)32(45)46/h1-3,6-7,10-13,23-26,39H,4-5,8-9,14-19,33H2,(H,34,42)(H,35,40)(H,36,43)(H,45,46)/t23-,24-,25-,26-/m0/s1. The van der Waals surface area contributed by atoms with Crippen molar-refractivity contribution in [2.45, 2.75) is 62.7 Å². The van der Waals surface area contributed by atoms with Crippen LogP contribution < -0.4 is 21.7 Å². The Morgan fingerprint density at radius 3 is 2.07 bits per heavy atom. The fraction of sp³-hybridized carbons (Fsp3) is 0.438. The number of nitrogens with one attached hydrogen (secondary N) is 3. The van der Waals surface area contributed by atoms with Crippen molar-refractivity contribution in [3.63, 3.8) is 0 Å². The third kappa shape index (κ3) is 8.81. The van der Waals surface area contributed by atoms with Crippen LogP contribution >= 0.6 is 0 Å². The van der Waals surface area contributed by atoms with E-state index >= 15 is 0 Å². The zero-order chi connectivity index (χ0) is 33.2. The number of likely N-dealkylation sites (tertiary alicyclic amines) is 2. The number of aromatic hydroxyl groups is 1. The number of benzene rings is 2. The van der Waals surface area contributed by atoms with E-state index in [0.717, 1.165) is 5.56 Å². The highest BCUT2D eigenvalue weighted by Gasteiger charge is 2.40. The van der Waals surface area contributed by atoms with Gasteiger partial charge in [0.1, 0.15) is 29.9 Å². The first-order chi connectivity index (χ1) is 22.1. The second-order valence-corrected chi connectivity index (χ2v) is 11.4. The number of phenols is 1. The zero-order valence-corrected chi connectivity index (χ0v) is 25.4. The van der Waals surface area contributed by atoms with Gasteiger partial charge in [-0.1, -0.05) is 42.5 Å². The third-order valence-electron chi connectivity index (χ3n) is 8.22. The highest BCUT2D eigenvalue weighted by molar-refractivity contribution is 5.95.